The third-order valence-corrected chi connectivity index (χ3v) is 4.26. The van der Waals surface area contributed by atoms with E-state index in [0.717, 1.165) is 6.54 Å². The summed E-state index contributed by atoms with van der Waals surface area (Å²) in [6.45, 7) is 11.7. The van der Waals surface area contributed by atoms with E-state index < -0.39 is 0 Å². The second-order valence-corrected chi connectivity index (χ2v) is 6.63. The number of thiophene rings is 1. The molecule has 0 aliphatic rings. The Morgan fingerprint density at radius 1 is 1.31 bits per heavy atom. The molecule has 0 saturated carbocycles. The first-order valence-corrected chi connectivity index (χ1v) is 6.57. The maximum atomic E-state index is 9.22. The predicted molar refractivity (Wildman–Crippen MR) is 71.2 cm³/mol. The molecule has 3 heteroatoms. The second kappa shape index (κ2) is 4.86. The van der Waals surface area contributed by atoms with Crippen molar-refractivity contribution >= 4 is 11.3 Å². The molecule has 0 aliphatic carbocycles. The highest BCUT2D eigenvalue weighted by Crippen LogP contribution is 2.30. The molecule has 0 saturated heterocycles. The van der Waals surface area contributed by atoms with Gasteiger partial charge in [0.2, 0.25) is 0 Å². The normalized spacial score (nSPS) is 13.1. The highest BCUT2D eigenvalue weighted by molar-refractivity contribution is 7.10. The van der Waals surface area contributed by atoms with Crippen LogP contribution >= 0.6 is 11.3 Å². The molecule has 0 fully saturated rings. The molecule has 1 heterocycles. The molecule has 0 radical (unpaired) electrons. The van der Waals surface area contributed by atoms with Crippen molar-refractivity contribution in [3.8, 4) is 0 Å². The Labute approximate surface area is 103 Å². The molecule has 1 aromatic heterocycles. The Balaban J connectivity index is 2.70. The van der Waals surface area contributed by atoms with Crippen molar-refractivity contribution in [2.75, 3.05) is 13.2 Å². The van der Waals surface area contributed by atoms with Gasteiger partial charge in [0, 0.05) is 22.4 Å². The molecule has 16 heavy (non-hydrogen) atoms. The summed E-state index contributed by atoms with van der Waals surface area (Å²) in [5.74, 6) is 0. The third kappa shape index (κ3) is 3.30. The number of rotatable bonds is 5. The standard InChI is InChI=1S/C13H23NOS/c1-10-6-7-16-11(10)12(2,3)8-14-13(4,5)9-15/h6-7,14-15H,8-9H2,1-5H3. The summed E-state index contributed by atoms with van der Waals surface area (Å²) in [5, 5.41) is 14.8. The monoisotopic (exact) mass is 241 g/mol. The number of hydrogen-bond acceptors (Lipinski definition) is 3. The van der Waals surface area contributed by atoms with Crippen molar-refractivity contribution in [1.29, 1.82) is 0 Å². The predicted octanol–water partition coefficient (Wildman–Crippen LogP) is 2.69. The first kappa shape index (κ1) is 13.7. The fourth-order valence-corrected chi connectivity index (χ4v) is 2.72. The summed E-state index contributed by atoms with van der Waals surface area (Å²) in [6, 6.07) is 2.17. The van der Waals surface area contributed by atoms with Crippen molar-refractivity contribution < 1.29 is 5.11 Å². The van der Waals surface area contributed by atoms with E-state index in [-0.39, 0.29) is 17.6 Å². The topological polar surface area (TPSA) is 32.3 Å². The minimum Gasteiger partial charge on any atom is -0.394 e. The number of aryl methyl sites for hydroxylation is 1. The van der Waals surface area contributed by atoms with Crippen molar-refractivity contribution in [3.05, 3.63) is 21.9 Å². The molecule has 0 aliphatic heterocycles. The molecule has 2 N–H and O–H groups in total. The SMILES string of the molecule is Cc1ccsc1C(C)(C)CNC(C)(C)CO. The summed E-state index contributed by atoms with van der Waals surface area (Å²) < 4.78 is 0. The Morgan fingerprint density at radius 2 is 1.94 bits per heavy atom. The summed E-state index contributed by atoms with van der Waals surface area (Å²) >= 11 is 1.81. The lowest BCUT2D eigenvalue weighted by molar-refractivity contribution is 0.181. The molecular weight excluding hydrogens is 218 g/mol. The molecule has 0 unspecified atom stereocenters. The molecule has 1 rings (SSSR count). The van der Waals surface area contributed by atoms with Crippen LogP contribution < -0.4 is 5.32 Å². The van der Waals surface area contributed by atoms with Crippen LogP contribution in [0.3, 0.4) is 0 Å². The molecule has 1 aromatic rings. The lowest BCUT2D eigenvalue weighted by Crippen LogP contribution is -2.47. The van der Waals surface area contributed by atoms with Crippen LogP contribution in [0.15, 0.2) is 11.4 Å². The molecule has 92 valence electrons. The highest BCUT2D eigenvalue weighted by atomic mass is 32.1. The van der Waals surface area contributed by atoms with Gasteiger partial charge in [0.25, 0.3) is 0 Å². The van der Waals surface area contributed by atoms with Gasteiger partial charge in [0.1, 0.15) is 0 Å². The lowest BCUT2D eigenvalue weighted by atomic mass is 9.88. The van der Waals surface area contributed by atoms with E-state index >= 15 is 0 Å². The van der Waals surface area contributed by atoms with E-state index in [1.165, 1.54) is 10.4 Å². The van der Waals surface area contributed by atoms with E-state index in [4.69, 9.17) is 0 Å². The van der Waals surface area contributed by atoms with Crippen LogP contribution in [0.25, 0.3) is 0 Å². The van der Waals surface area contributed by atoms with Gasteiger partial charge in [0.05, 0.1) is 6.61 Å². The summed E-state index contributed by atoms with van der Waals surface area (Å²) in [7, 11) is 0. The maximum Gasteiger partial charge on any atom is 0.0607 e. The van der Waals surface area contributed by atoms with Crippen molar-refractivity contribution in [2.45, 2.75) is 45.6 Å². The van der Waals surface area contributed by atoms with E-state index in [0.29, 0.717) is 0 Å². The fraction of sp³-hybridized carbons (Fsp3) is 0.692. The first-order chi connectivity index (χ1) is 7.28. The van der Waals surface area contributed by atoms with Crippen LogP contribution in [0.1, 0.15) is 38.1 Å². The Hall–Kier alpha value is -0.380. The van der Waals surface area contributed by atoms with E-state index in [1.807, 2.05) is 25.2 Å². The van der Waals surface area contributed by atoms with Gasteiger partial charge in [-0.1, -0.05) is 13.8 Å². The number of nitrogens with one attached hydrogen (secondary N) is 1. The summed E-state index contributed by atoms with van der Waals surface area (Å²) in [5.41, 5.74) is 1.27. The lowest BCUT2D eigenvalue weighted by Gasteiger charge is -2.31. The Bertz CT molecular complexity index is 341. The third-order valence-electron chi connectivity index (χ3n) is 2.88. The van der Waals surface area contributed by atoms with E-state index in [2.05, 4.69) is 37.5 Å². The number of hydrogen-bond donors (Lipinski definition) is 2. The quantitative estimate of drug-likeness (QED) is 0.831. The molecule has 0 bridgehead atoms. The molecule has 0 amide bonds. The molecule has 2 nitrogen and oxygen atoms in total. The maximum absolute atomic E-state index is 9.22. The molecular formula is C13H23NOS. The van der Waals surface area contributed by atoms with Crippen LogP contribution in [-0.2, 0) is 5.41 Å². The van der Waals surface area contributed by atoms with Crippen LogP contribution in [0.2, 0.25) is 0 Å². The van der Waals surface area contributed by atoms with Crippen LogP contribution in [-0.4, -0.2) is 23.8 Å². The minimum atomic E-state index is -0.206. The largest absolute Gasteiger partial charge is 0.394 e. The smallest absolute Gasteiger partial charge is 0.0607 e. The van der Waals surface area contributed by atoms with Crippen molar-refractivity contribution in [2.24, 2.45) is 0 Å². The zero-order valence-electron chi connectivity index (χ0n) is 10.9. The molecule has 0 atom stereocenters. The average molecular weight is 241 g/mol. The summed E-state index contributed by atoms with van der Waals surface area (Å²) in [4.78, 5) is 1.42. The average Bonchev–Trinajstić information content (AvgIpc) is 2.63. The van der Waals surface area contributed by atoms with Crippen LogP contribution in [0.4, 0.5) is 0 Å². The van der Waals surface area contributed by atoms with Gasteiger partial charge in [-0.2, -0.15) is 0 Å². The fourth-order valence-electron chi connectivity index (χ4n) is 1.66. The van der Waals surface area contributed by atoms with Crippen LogP contribution in [0.5, 0.6) is 0 Å². The molecule has 0 aromatic carbocycles. The Kier molecular flexibility index (Phi) is 4.16. The van der Waals surface area contributed by atoms with Gasteiger partial charge in [0.15, 0.2) is 0 Å². The van der Waals surface area contributed by atoms with Crippen molar-refractivity contribution in [3.63, 3.8) is 0 Å². The minimum absolute atomic E-state index is 0.116. The zero-order valence-corrected chi connectivity index (χ0v) is 11.7. The number of aliphatic hydroxyl groups is 1. The first-order valence-electron chi connectivity index (χ1n) is 5.69. The van der Waals surface area contributed by atoms with E-state index in [9.17, 15) is 5.11 Å². The number of aliphatic hydroxyl groups excluding tert-OH is 1. The van der Waals surface area contributed by atoms with Gasteiger partial charge in [-0.15, -0.1) is 11.3 Å². The van der Waals surface area contributed by atoms with Gasteiger partial charge in [-0.05, 0) is 37.8 Å². The summed E-state index contributed by atoms with van der Waals surface area (Å²) in [6.07, 6.45) is 0. The van der Waals surface area contributed by atoms with Gasteiger partial charge in [-0.3, -0.25) is 0 Å². The zero-order chi connectivity index (χ0) is 12.4. The Morgan fingerprint density at radius 3 is 2.38 bits per heavy atom. The van der Waals surface area contributed by atoms with Crippen LogP contribution in [0, 0.1) is 6.92 Å². The highest BCUT2D eigenvalue weighted by Gasteiger charge is 2.26. The molecule has 0 spiro atoms. The second-order valence-electron chi connectivity index (χ2n) is 5.71. The van der Waals surface area contributed by atoms with Gasteiger partial charge in [-0.25, -0.2) is 0 Å². The van der Waals surface area contributed by atoms with E-state index in [1.54, 1.807) is 0 Å². The van der Waals surface area contributed by atoms with Gasteiger partial charge < -0.3 is 10.4 Å². The van der Waals surface area contributed by atoms with Gasteiger partial charge >= 0.3 is 0 Å². The van der Waals surface area contributed by atoms with Crippen molar-refractivity contribution in [1.82, 2.24) is 5.32 Å².